The third-order valence-corrected chi connectivity index (χ3v) is 5.22. The Labute approximate surface area is 106 Å². The summed E-state index contributed by atoms with van der Waals surface area (Å²) < 4.78 is 0.849. The van der Waals surface area contributed by atoms with Gasteiger partial charge in [0.2, 0.25) is 0 Å². The molecule has 0 radical (unpaired) electrons. The topological polar surface area (TPSA) is 72.2 Å². The van der Waals surface area contributed by atoms with Gasteiger partial charge in [-0.15, -0.1) is 0 Å². The SMILES string of the molecule is NC(=O)CNC(=O)c1ccc([As](Cl)Cl)cc1. The molecule has 16 heavy (non-hydrogen) atoms. The van der Waals surface area contributed by atoms with Crippen molar-refractivity contribution in [2.24, 2.45) is 5.73 Å². The fourth-order valence-corrected chi connectivity index (χ4v) is 2.95. The van der Waals surface area contributed by atoms with E-state index in [0.29, 0.717) is 5.56 Å². The van der Waals surface area contributed by atoms with Gasteiger partial charge in [-0.05, 0) is 0 Å². The zero-order valence-corrected chi connectivity index (χ0v) is 11.5. The van der Waals surface area contributed by atoms with E-state index in [4.69, 9.17) is 25.6 Å². The summed E-state index contributed by atoms with van der Waals surface area (Å²) in [7, 11) is 11.6. The maximum atomic E-state index is 11.5. The minimum absolute atomic E-state index is 0.177. The monoisotopic (exact) mass is 322 g/mol. The summed E-state index contributed by atoms with van der Waals surface area (Å²) in [6.07, 6.45) is 0. The van der Waals surface area contributed by atoms with Gasteiger partial charge < -0.3 is 0 Å². The first kappa shape index (κ1) is 13.4. The molecule has 0 saturated heterocycles. The van der Waals surface area contributed by atoms with Gasteiger partial charge in [0.1, 0.15) is 0 Å². The van der Waals surface area contributed by atoms with E-state index in [0.717, 1.165) is 4.35 Å². The second kappa shape index (κ2) is 6.14. The summed E-state index contributed by atoms with van der Waals surface area (Å²) in [4.78, 5) is 21.9. The molecular weight excluding hydrogens is 314 g/mol. The fraction of sp³-hybridized carbons (Fsp3) is 0.111. The molecule has 0 saturated carbocycles. The molecule has 3 N–H and O–H groups in total. The van der Waals surface area contributed by atoms with Crippen molar-refractivity contribution in [3.05, 3.63) is 29.8 Å². The molecule has 0 spiro atoms. The minimum atomic E-state index is -1.94. The number of nitrogens with one attached hydrogen (secondary N) is 1. The Kier molecular flexibility index (Phi) is 5.13. The van der Waals surface area contributed by atoms with Crippen LogP contribution < -0.4 is 15.4 Å². The molecule has 0 heterocycles. The van der Waals surface area contributed by atoms with Gasteiger partial charge in [-0.3, -0.25) is 0 Å². The first-order valence-corrected chi connectivity index (χ1v) is 10.2. The Morgan fingerprint density at radius 2 is 1.81 bits per heavy atom. The molecule has 0 aliphatic heterocycles. The predicted octanol–water partition coefficient (Wildman–Crippen LogP) is 0.0745. The predicted molar refractivity (Wildman–Crippen MR) is 65.1 cm³/mol. The van der Waals surface area contributed by atoms with Crippen LogP contribution in [-0.4, -0.2) is 31.1 Å². The number of nitrogens with two attached hydrogens (primary N) is 1. The van der Waals surface area contributed by atoms with Crippen molar-refractivity contribution in [3.63, 3.8) is 0 Å². The average Bonchev–Trinajstić information content (AvgIpc) is 2.26. The van der Waals surface area contributed by atoms with Crippen LogP contribution in [-0.2, 0) is 4.79 Å². The molecule has 0 bridgehead atoms. The first-order valence-electron chi connectivity index (χ1n) is 4.29. The van der Waals surface area contributed by atoms with Crippen molar-refractivity contribution in [2.75, 3.05) is 6.54 Å². The Hall–Kier alpha value is -0.702. The van der Waals surface area contributed by atoms with E-state index in [1.807, 2.05) is 0 Å². The van der Waals surface area contributed by atoms with Crippen LogP contribution in [0.3, 0.4) is 0 Å². The summed E-state index contributed by atoms with van der Waals surface area (Å²) in [5, 5.41) is 2.38. The van der Waals surface area contributed by atoms with E-state index in [1.165, 1.54) is 0 Å². The van der Waals surface area contributed by atoms with Crippen molar-refractivity contribution in [1.82, 2.24) is 5.32 Å². The van der Waals surface area contributed by atoms with E-state index in [1.54, 1.807) is 24.3 Å². The van der Waals surface area contributed by atoms with Crippen LogP contribution in [0.25, 0.3) is 0 Å². The second-order valence-corrected chi connectivity index (χ2v) is 9.40. The molecule has 7 heteroatoms. The van der Waals surface area contributed by atoms with Crippen LogP contribution in [0.5, 0.6) is 0 Å². The van der Waals surface area contributed by atoms with Crippen LogP contribution in [0.15, 0.2) is 24.3 Å². The molecule has 2 amide bonds. The van der Waals surface area contributed by atoms with Crippen LogP contribution >= 0.6 is 19.9 Å². The first-order chi connectivity index (χ1) is 7.50. The zero-order valence-electron chi connectivity index (χ0n) is 8.11. The van der Waals surface area contributed by atoms with Crippen LogP contribution in [0.1, 0.15) is 10.4 Å². The molecule has 86 valence electrons. The van der Waals surface area contributed by atoms with E-state index in [9.17, 15) is 9.59 Å². The van der Waals surface area contributed by atoms with Gasteiger partial charge in [0, 0.05) is 0 Å². The van der Waals surface area contributed by atoms with Crippen molar-refractivity contribution in [3.8, 4) is 0 Å². The molecule has 0 aliphatic rings. The van der Waals surface area contributed by atoms with Crippen molar-refractivity contribution in [1.29, 1.82) is 0 Å². The molecular formula is C9H9AsCl2N2O2. The number of primary amides is 1. The molecule has 0 atom stereocenters. The Morgan fingerprint density at radius 1 is 1.25 bits per heavy atom. The Bertz CT molecular complexity index is 395. The number of carbonyl (C=O) groups is 2. The standard InChI is InChI=1S/C9H9AsCl2N2O2/c11-10(12)7-3-1-6(2-4-7)9(16)14-5-8(13)15/h1-4H,5H2,(H2,13,15)(H,14,16). The maximum absolute atomic E-state index is 11.5. The summed E-state index contributed by atoms with van der Waals surface area (Å²) in [5.41, 5.74) is 5.34. The number of halogens is 2. The van der Waals surface area contributed by atoms with Crippen LogP contribution in [0.4, 0.5) is 0 Å². The number of hydrogen-bond donors (Lipinski definition) is 2. The molecule has 1 aromatic carbocycles. The molecule has 0 aromatic heterocycles. The third kappa shape index (κ3) is 4.05. The number of carbonyl (C=O) groups excluding carboxylic acids is 2. The molecule has 1 aromatic rings. The molecule has 0 fully saturated rings. The van der Waals surface area contributed by atoms with Gasteiger partial charge in [0.15, 0.2) is 0 Å². The fourth-order valence-electron chi connectivity index (χ4n) is 0.995. The van der Waals surface area contributed by atoms with Gasteiger partial charge in [-0.25, -0.2) is 0 Å². The van der Waals surface area contributed by atoms with Gasteiger partial charge in [0.05, 0.1) is 0 Å². The summed E-state index contributed by atoms with van der Waals surface area (Å²) in [6, 6.07) is 6.63. The molecule has 0 aliphatic carbocycles. The second-order valence-electron chi connectivity index (χ2n) is 2.93. The molecule has 0 unspecified atom stereocenters. The summed E-state index contributed by atoms with van der Waals surface area (Å²) >= 11 is -1.94. The van der Waals surface area contributed by atoms with E-state index in [2.05, 4.69) is 5.32 Å². The third-order valence-electron chi connectivity index (χ3n) is 1.75. The van der Waals surface area contributed by atoms with E-state index < -0.39 is 18.7 Å². The van der Waals surface area contributed by atoms with Crippen molar-refractivity contribution >= 4 is 48.8 Å². The number of amides is 2. The number of rotatable bonds is 4. The molecule has 1 rings (SSSR count). The van der Waals surface area contributed by atoms with Crippen molar-refractivity contribution in [2.45, 2.75) is 0 Å². The van der Waals surface area contributed by atoms with Gasteiger partial charge in [-0.2, -0.15) is 0 Å². The van der Waals surface area contributed by atoms with Crippen LogP contribution in [0.2, 0.25) is 0 Å². The Morgan fingerprint density at radius 3 is 2.25 bits per heavy atom. The van der Waals surface area contributed by atoms with E-state index >= 15 is 0 Å². The number of benzene rings is 1. The van der Waals surface area contributed by atoms with Gasteiger partial charge in [-0.1, -0.05) is 0 Å². The van der Waals surface area contributed by atoms with Crippen molar-refractivity contribution < 1.29 is 9.59 Å². The van der Waals surface area contributed by atoms with Gasteiger partial charge >= 0.3 is 106 Å². The Balaban J connectivity index is 2.66. The van der Waals surface area contributed by atoms with Gasteiger partial charge in [0.25, 0.3) is 0 Å². The number of hydrogen-bond acceptors (Lipinski definition) is 2. The van der Waals surface area contributed by atoms with Crippen LogP contribution in [0, 0.1) is 0 Å². The zero-order chi connectivity index (χ0) is 12.1. The molecule has 4 nitrogen and oxygen atoms in total. The normalized spacial score (nSPS) is 10.2. The summed E-state index contributed by atoms with van der Waals surface area (Å²) in [6.45, 7) is -0.177. The summed E-state index contributed by atoms with van der Waals surface area (Å²) in [5.74, 6) is -0.937. The average molecular weight is 323 g/mol. The van der Waals surface area contributed by atoms with E-state index in [-0.39, 0.29) is 12.5 Å². The quantitative estimate of drug-likeness (QED) is 0.770.